The molecular formula is C15H25BrN2S. The Morgan fingerprint density at radius 3 is 2.84 bits per heavy atom. The lowest BCUT2D eigenvalue weighted by molar-refractivity contribution is 0.161. The highest BCUT2D eigenvalue weighted by Gasteiger charge is 2.31. The summed E-state index contributed by atoms with van der Waals surface area (Å²) in [5.74, 6) is 0.610. The van der Waals surface area contributed by atoms with Crippen molar-refractivity contribution in [1.29, 1.82) is 0 Å². The Morgan fingerprint density at radius 2 is 2.26 bits per heavy atom. The molecule has 0 spiro atoms. The summed E-state index contributed by atoms with van der Waals surface area (Å²) in [5.41, 5.74) is 6.07. The van der Waals surface area contributed by atoms with Gasteiger partial charge in [0.05, 0.1) is 0 Å². The number of aryl methyl sites for hydroxylation is 1. The van der Waals surface area contributed by atoms with Crippen molar-refractivity contribution in [2.24, 2.45) is 11.7 Å². The van der Waals surface area contributed by atoms with E-state index in [1.807, 2.05) is 11.3 Å². The second kappa shape index (κ2) is 7.21. The smallest absolute Gasteiger partial charge is 0.0482 e. The van der Waals surface area contributed by atoms with Crippen LogP contribution in [0.25, 0.3) is 0 Å². The molecule has 0 saturated carbocycles. The van der Waals surface area contributed by atoms with Crippen molar-refractivity contribution in [1.82, 2.24) is 4.90 Å². The number of rotatable bonds is 4. The van der Waals surface area contributed by atoms with Gasteiger partial charge in [-0.25, -0.2) is 0 Å². The summed E-state index contributed by atoms with van der Waals surface area (Å²) in [5, 5.41) is 0. The summed E-state index contributed by atoms with van der Waals surface area (Å²) < 4.78 is 1.25. The van der Waals surface area contributed by atoms with Crippen molar-refractivity contribution >= 4 is 27.3 Å². The standard InChI is InChI=1S/C15H25BrN2S/c1-3-7-18-8-5-4-6-12(10-17)15(18)14-9-13(16)11(2)19-14/h9,12,15H,3-8,10,17H2,1-2H3. The maximum Gasteiger partial charge on any atom is 0.0482 e. The van der Waals surface area contributed by atoms with Crippen LogP contribution in [0.3, 0.4) is 0 Å². The lowest BCUT2D eigenvalue weighted by atomic mass is 9.93. The predicted octanol–water partition coefficient (Wildman–Crippen LogP) is 4.33. The van der Waals surface area contributed by atoms with Gasteiger partial charge in [0, 0.05) is 20.3 Å². The number of halogens is 1. The molecule has 108 valence electrons. The van der Waals surface area contributed by atoms with Crippen LogP contribution in [0, 0.1) is 12.8 Å². The Kier molecular flexibility index (Phi) is 5.87. The molecule has 0 amide bonds. The minimum absolute atomic E-state index is 0.530. The Balaban J connectivity index is 2.31. The molecule has 1 aromatic heterocycles. The van der Waals surface area contributed by atoms with Crippen LogP contribution in [0.5, 0.6) is 0 Å². The van der Waals surface area contributed by atoms with Crippen LogP contribution in [0.2, 0.25) is 0 Å². The molecule has 0 aromatic carbocycles. The summed E-state index contributed by atoms with van der Waals surface area (Å²) in [6.07, 6.45) is 5.14. The molecule has 1 fully saturated rings. The Bertz CT molecular complexity index is 385. The van der Waals surface area contributed by atoms with E-state index in [0.29, 0.717) is 12.0 Å². The molecule has 4 heteroatoms. The zero-order valence-electron chi connectivity index (χ0n) is 12.0. The quantitative estimate of drug-likeness (QED) is 0.880. The first kappa shape index (κ1) is 15.5. The zero-order chi connectivity index (χ0) is 13.8. The van der Waals surface area contributed by atoms with Crippen molar-refractivity contribution < 1.29 is 0 Å². The van der Waals surface area contributed by atoms with Gasteiger partial charge < -0.3 is 5.73 Å². The number of nitrogens with two attached hydrogens (primary N) is 1. The molecule has 2 atom stereocenters. The second-order valence-electron chi connectivity index (χ2n) is 5.53. The van der Waals surface area contributed by atoms with E-state index in [2.05, 4.69) is 40.7 Å². The predicted molar refractivity (Wildman–Crippen MR) is 87.8 cm³/mol. The van der Waals surface area contributed by atoms with Crippen LogP contribution < -0.4 is 5.73 Å². The molecule has 0 radical (unpaired) electrons. The first-order chi connectivity index (χ1) is 9.17. The molecule has 0 bridgehead atoms. The van der Waals surface area contributed by atoms with Crippen molar-refractivity contribution in [2.45, 2.75) is 45.6 Å². The van der Waals surface area contributed by atoms with Crippen molar-refractivity contribution in [3.8, 4) is 0 Å². The van der Waals surface area contributed by atoms with E-state index in [9.17, 15) is 0 Å². The van der Waals surface area contributed by atoms with Crippen LogP contribution >= 0.6 is 27.3 Å². The Morgan fingerprint density at radius 1 is 1.47 bits per heavy atom. The minimum atomic E-state index is 0.530. The van der Waals surface area contributed by atoms with E-state index >= 15 is 0 Å². The van der Waals surface area contributed by atoms with E-state index in [4.69, 9.17) is 5.73 Å². The van der Waals surface area contributed by atoms with Crippen molar-refractivity contribution in [3.05, 3.63) is 20.3 Å². The van der Waals surface area contributed by atoms with Gasteiger partial charge in [-0.15, -0.1) is 11.3 Å². The highest BCUT2D eigenvalue weighted by Crippen LogP contribution is 2.40. The monoisotopic (exact) mass is 344 g/mol. The van der Waals surface area contributed by atoms with Gasteiger partial charge in [0.25, 0.3) is 0 Å². The third-order valence-corrected chi connectivity index (χ3v) is 6.30. The maximum atomic E-state index is 6.07. The van der Waals surface area contributed by atoms with Gasteiger partial charge in [0.1, 0.15) is 0 Å². The lowest BCUT2D eigenvalue weighted by Crippen LogP contribution is -2.35. The first-order valence-electron chi connectivity index (χ1n) is 7.37. The van der Waals surface area contributed by atoms with Gasteiger partial charge in [0.15, 0.2) is 0 Å². The molecule has 2 heterocycles. The molecule has 2 nitrogen and oxygen atoms in total. The number of likely N-dealkylation sites (tertiary alicyclic amines) is 1. The van der Waals surface area contributed by atoms with E-state index < -0.39 is 0 Å². The fourth-order valence-electron chi connectivity index (χ4n) is 3.14. The van der Waals surface area contributed by atoms with Gasteiger partial charge in [-0.3, -0.25) is 4.90 Å². The summed E-state index contributed by atoms with van der Waals surface area (Å²) in [7, 11) is 0. The van der Waals surface area contributed by atoms with E-state index in [1.165, 1.54) is 53.0 Å². The molecule has 1 aromatic rings. The molecule has 1 aliphatic rings. The summed E-state index contributed by atoms with van der Waals surface area (Å²) in [4.78, 5) is 5.55. The Labute approximate surface area is 129 Å². The van der Waals surface area contributed by atoms with Gasteiger partial charge >= 0.3 is 0 Å². The first-order valence-corrected chi connectivity index (χ1v) is 8.98. The second-order valence-corrected chi connectivity index (χ2v) is 7.67. The lowest BCUT2D eigenvalue weighted by Gasteiger charge is -2.33. The molecule has 2 rings (SSSR count). The highest BCUT2D eigenvalue weighted by atomic mass is 79.9. The summed E-state index contributed by atoms with van der Waals surface area (Å²) in [6.45, 7) is 7.68. The highest BCUT2D eigenvalue weighted by molar-refractivity contribution is 9.10. The van der Waals surface area contributed by atoms with Crippen molar-refractivity contribution in [2.75, 3.05) is 19.6 Å². The third kappa shape index (κ3) is 3.60. The Hall–Kier alpha value is 0.1000. The largest absolute Gasteiger partial charge is 0.330 e. The molecule has 19 heavy (non-hydrogen) atoms. The normalized spacial score (nSPS) is 25.5. The summed E-state index contributed by atoms with van der Waals surface area (Å²) >= 11 is 5.60. The third-order valence-electron chi connectivity index (χ3n) is 4.09. The van der Waals surface area contributed by atoms with E-state index in [-0.39, 0.29) is 0 Å². The van der Waals surface area contributed by atoms with Crippen LogP contribution in [-0.2, 0) is 0 Å². The molecular weight excluding hydrogens is 320 g/mol. The zero-order valence-corrected chi connectivity index (χ0v) is 14.4. The average molecular weight is 345 g/mol. The number of hydrogen-bond donors (Lipinski definition) is 1. The molecule has 1 aliphatic heterocycles. The van der Waals surface area contributed by atoms with Crippen LogP contribution in [0.15, 0.2) is 10.5 Å². The minimum Gasteiger partial charge on any atom is -0.330 e. The topological polar surface area (TPSA) is 29.3 Å². The van der Waals surface area contributed by atoms with Crippen LogP contribution in [0.1, 0.15) is 48.4 Å². The SMILES string of the molecule is CCCN1CCCCC(CN)C1c1cc(Br)c(C)s1. The van der Waals surface area contributed by atoms with Gasteiger partial charge in [0.2, 0.25) is 0 Å². The molecule has 0 aliphatic carbocycles. The fraction of sp³-hybridized carbons (Fsp3) is 0.733. The van der Waals surface area contributed by atoms with Gasteiger partial charge in [-0.2, -0.15) is 0 Å². The molecule has 1 saturated heterocycles. The van der Waals surface area contributed by atoms with Gasteiger partial charge in [-0.1, -0.05) is 13.3 Å². The average Bonchev–Trinajstić information content (AvgIpc) is 2.62. The fourth-order valence-corrected chi connectivity index (χ4v) is 4.93. The van der Waals surface area contributed by atoms with Crippen molar-refractivity contribution in [3.63, 3.8) is 0 Å². The number of thiophene rings is 1. The summed E-state index contributed by atoms with van der Waals surface area (Å²) in [6, 6.07) is 2.85. The molecule has 2 N–H and O–H groups in total. The van der Waals surface area contributed by atoms with Crippen LogP contribution in [0.4, 0.5) is 0 Å². The van der Waals surface area contributed by atoms with Crippen LogP contribution in [-0.4, -0.2) is 24.5 Å². The van der Waals surface area contributed by atoms with Gasteiger partial charge in [-0.05, 0) is 73.7 Å². The number of nitrogens with zero attached hydrogens (tertiary/aromatic N) is 1. The maximum absolute atomic E-state index is 6.07. The van der Waals surface area contributed by atoms with E-state index in [1.54, 1.807) is 0 Å². The number of hydrogen-bond acceptors (Lipinski definition) is 3. The van der Waals surface area contributed by atoms with E-state index in [0.717, 1.165) is 6.54 Å². The molecule has 2 unspecified atom stereocenters.